The molecule has 21 heavy (non-hydrogen) atoms. The Morgan fingerprint density at radius 3 is 2.95 bits per heavy atom. The highest BCUT2D eigenvalue weighted by molar-refractivity contribution is 9.10. The normalized spacial score (nSPS) is 10.8. The third-order valence-corrected chi connectivity index (χ3v) is 3.69. The molecule has 2 rings (SSSR count). The molecular weight excluding hydrogens is 354 g/mol. The first-order chi connectivity index (χ1) is 10.1. The molecule has 1 amide bonds. The summed E-state index contributed by atoms with van der Waals surface area (Å²) in [6.45, 7) is 4.32. The summed E-state index contributed by atoms with van der Waals surface area (Å²) in [7, 11) is 0. The number of halogens is 1. The third kappa shape index (κ3) is 4.64. The van der Waals surface area contributed by atoms with Crippen LogP contribution in [0.5, 0.6) is 5.75 Å². The zero-order valence-electron chi connectivity index (χ0n) is 11.6. The number of carbonyl (C=O) groups is 1. The number of amides is 1. The van der Waals surface area contributed by atoms with Crippen molar-refractivity contribution in [2.75, 3.05) is 11.9 Å². The van der Waals surface area contributed by atoms with Gasteiger partial charge in [0.1, 0.15) is 10.8 Å². The number of nitrogens with zero attached hydrogens (tertiary/aromatic N) is 2. The molecule has 1 N–H and O–H groups in total. The number of carbonyl (C=O) groups excluding carboxylic acids is 1. The maximum atomic E-state index is 11.8. The molecule has 0 aliphatic carbocycles. The van der Waals surface area contributed by atoms with Crippen LogP contribution in [0.3, 0.4) is 0 Å². The van der Waals surface area contributed by atoms with Crippen LogP contribution in [0.4, 0.5) is 5.13 Å². The summed E-state index contributed by atoms with van der Waals surface area (Å²) in [4.78, 5) is 11.8. The highest BCUT2D eigenvalue weighted by atomic mass is 79.9. The molecule has 0 bridgehead atoms. The zero-order valence-corrected chi connectivity index (χ0v) is 14.0. The van der Waals surface area contributed by atoms with Gasteiger partial charge >= 0.3 is 0 Å². The molecule has 7 heteroatoms. The lowest BCUT2D eigenvalue weighted by Crippen LogP contribution is -2.07. The fourth-order valence-electron chi connectivity index (χ4n) is 1.60. The predicted octanol–water partition coefficient (Wildman–Crippen LogP) is 3.66. The number of hydrogen-bond donors (Lipinski definition) is 1. The molecule has 0 unspecified atom stereocenters. The number of aryl methyl sites for hydroxylation is 1. The van der Waals surface area contributed by atoms with Crippen LogP contribution in [0.25, 0.3) is 6.08 Å². The summed E-state index contributed by atoms with van der Waals surface area (Å²) in [6, 6.07) is 5.65. The van der Waals surface area contributed by atoms with E-state index in [2.05, 4.69) is 31.4 Å². The second-order valence-electron chi connectivity index (χ2n) is 4.06. The van der Waals surface area contributed by atoms with Crippen LogP contribution < -0.4 is 10.1 Å². The number of nitrogens with one attached hydrogen (secondary N) is 1. The van der Waals surface area contributed by atoms with Crippen LogP contribution in [-0.4, -0.2) is 22.7 Å². The molecule has 0 saturated heterocycles. The van der Waals surface area contributed by atoms with E-state index in [0.717, 1.165) is 20.8 Å². The molecule has 0 aliphatic heterocycles. The quantitative estimate of drug-likeness (QED) is 0.819. The van der Waals surface area contributed by atoms with Gasteiger partial charge < -0.3 is 4.74 Å². The lowest BCUT2D eigenvalue weighted by Gasteiger charge is -2.07. The second-order valence-corrected chi connectivity index (χ2v) is 6.16. The Labute approximate surface area is 135 Å². The molecule has 1 heterocycles. The highest BCUT2D eigenvalue weighted by Crippen LogP contribution is 2.24. The fourth-order valence-corrected chi connectivity index (χ4v) is 2.57. The molecular formula is C14H14BrN3O2S. The summed E-state index contributed by atoms with van der Waals surface area (Å²) < 4.78 is 6.44. The maximum absolute atomic E-state index is 11.8. The van der Waals surface area contributed by atoms with Crippen LogP contribution in [-0.2, 0) is 4.79 Å². The van der Waals surface area contributed by atoms with Crippen LogP contribution in [0, 0.1) is 6.92 Å². The van der Waals surface area contributed by atoms with Crippen molar-refractivity contribution in [1.82, 2.24) is 10.2 Å². The average Bonchev–Trinajstić information content (AvgIpc) is 2.84. The van der Waals surface area contributed by atoms with Gasteiger partial charge in [-0.05, 0) is 38.1 Å². The van der Waals surface area contributed by atoms with E-state index >= 15 is 0 Å². The predicted molar refractivity (Wildman–Crippen MR) is 87.6 cm³/mol. The maximum Gasteiger partial charge on any atom is 0.250 e. The minimum atomic E-state index is -0.256. The molecule has 5 nitrogen and oxygen atoms in total. The Hall–Kier alpha value is -1.73. The third-order valence-electron chi connectivity index (χ3n) is 2.44. The number of anilines is 1. The molecule has 2 aromatic rings. The van der Waals surface area contributed by atoms with Crippen molar-refractivity contribution < 1.29 is 9.53 Å². The van der Waals surface area contributed by atoms with Gasteiger partial charge in [-0.25, -0.2) is 0 Å². The van der Waals surface area contributed by atoms with Gasteiger partial charge in [-0.1, -0.05) is 27.3 Å². The number of ether oxygens (including phenoxy) is 1. The van der Waals surface area contributed by atoms with E-state index in [4.69, 9.17) is 4.74 Å². The van der Waals surface area contributed by atoms with E-state index in [1.54, 1.807) is 6.08 Å². The molecule has 110 valence electrons. The molecule has 1 aromatic carbocycles. The minimum absolute atomic E-state index is 0.256. The molecule has 0 atom stereocenters. The van der Waals surface area contributed by atoms with Crippen molar-refractivity contribution in [1.29, 1.82) is 0 Å². The van der Waals surface area contributed by atoms with E-state index in [0.29, 0.717) is 11.7 Å². The molecule has 1 aromatic heterocycles. The summed E-state index contributed by atoms with van der Waals surface area (Å²) in [5, 5.41) is 11.6. The summed E-state index contributed by atoms with van der Waals surface area (Å²) in [6.07, 6.45) is 3.15. The van der Waals surface area contributed by atoms with Crippen molar-refractivity contribution in [2.24, 2.45) is 0 Å². The van der Waals surface area contributed by atoms with Gasteiger partial charge in [-0.2, -0.15) is 0 Å². The van der Waals surface area contributed by atoms with Crippen LogP contribution in [0.2, 0.25) is 0 Å². The van der Waals surface area contributed by atoms with Gasteiger partial charge in [0.05, 0.1) is 6.61 Å². The topological polar surface area (TPSA) is 64.1 Å². The van der Waals surface area contributed by atoms with Crippen molar-refractivity contribution in [3.8, 4) is 5.75 Å². The molecule has 0 aliphatic rings. The number of aromatic nitrogens is 2. The van der Waals surface area contributed by atoms with Crippen molar-refractivity contribution in [3.05, 3.63) is 39.3 Å². The molecule has 0 radical (unpaired) electrons. The van der Waals surface area contributed by atoms with Gasteiger partial charge in [0.2, 0.25) is 11.0 Å². The van der Waals surface area contributed by atoms with Crippen LogP contribution in [0.1, 0.15) is 17.5 Å². The Balaban J connectivity index is 2.09. The largest absolute Gasteiger partial charge is 0.493 e. The Morgan fingerprint density at radius 2 is 2.29 bits per heavy atom. The zero-order chi connectivity index (χ0) is 15.2. The van der Waals surface area contributed by atoms with Gasteiger partial charge in [-0.15, -0.1) is 10.2 Å². The lowest BCUT2D eigenvalue weighted by molar-refractivity contribution is -0.111. The van der Waals surface area contributed by atoms with Crippen LogP contribution >= 0.6 is 27.3 Å². The van der Waals surface area contributed by atoms with Gasteiger partial charge in [0.15, 0.2) is 0 Å². The van der Waals surface area contributed by atoms with Gasteiger partial charge in [-0.3, -0.25) is 10.1 Å². The molecule has 0 spiro atoms. The number of hydrogen-bond acceptors (Lipinski definition) is 5. The summed E-state index contributed by atoms with van der Waals surface area (Å²) in [5.41, 5.74) is 0.829. The first-order valence-corrected chi connectivity index (χ1v) is 7.91. The van der Waals surface area contributed by atoms with Crippen molar-refractivity contribution in [3.63, 3.8) is 0 Å². The Kier molecular flexibility index (Phi) is 5.46. The summed E-state index contributed by atoms with van der Waals surface area (Å²) >= 11 is 4.74. The highest BCUT2D eigenvalue weighted by Gasteiger charge is 2.05. The Morgan fingerprint density at radius 1 is 1.48 bits per heavy atom. The summed E-state index contributed by atoms with van der Waals surface area (Å²) in [5.74, 6) is 0.477. The standard InChI is InChI=1S/C14H14BrN3O2S/c1-3-20-12-6-5-11(15)8-10(12)4-7-13(19)16-14-18-17-9(2)21-14/h4-8H,3H2,1-2H3,(H,16,18,19)/b7-4+. The van der Waals surface area contributed by atoms with E-state index in [-0.39, 0.29) is 5.91 Å². The van der Waals surface area contributed by atoms with Crippen molar-refractivity contribution in [2.45, 2.75) is 13.8 Å². The Bertz CT molecular complexity index is 670. The van der Waals surface area contributed by atoms with E-state index < -0.39 is 0 Å². The van der Waals surface area contributed by atoms with Gasteiger partial charge in [0.25, 0.3) is 0 Å². The first-order valence-electron chi connectivity index (χ1n) is 6.30. The van der Waals surface area contributed by atoms with Crippen molar-refractivity contribution >= 4 is 44.4 Å². The van der Waals surface area contributed by atoms with Gasteiger partial charge in [0, 0.05) is 16.1 Å². The minimum Gasteiger partial charge on any atom is -0.493 e. The average molecular weight is 368 g/mol. The molecule has 0 saturated carbocycles. The van der Waals surface area contributed by atoms with E-state index in [9.17, 15) is 4.79 Å². The van der Waals surface area contributed by atoms with E-state index in [1.165, 1.54) is 17.4 Å². The number of benzene rings is 1. The van der Waals surface area contributed by atoms with E-state index in [1.807, 2.05) is 32.0 Å². The fraction of sp³-hybridized carbons (Fsp3) is 0.214. The monoisotopic (exact) mass is 367 g/mol. The lowest BCUT2D eigenvalue weighted by atomic mass is 10.2. The second kappa shape index (κ2) is 7.33. The van der Waals surface area contributed by atoms with Crippen LogP contribution in [0.15, 0.2) is 28.7 Å². The number of rotatable bonds is 5. The first kappa shape index (κ1) is 15.7. The molecule has 0 fully saturated rings. The SMILES string of the molecule is CCOc1ccc(Br)cc1/C=C/C(=O)Nc1nnc(C)s1. The smallest absolute Gasteiger partial charge is 0.250 e.